The second kappa shape index (κ2) is 5.50. The first-order valence-electron chi connectivity index (χ1n) is 6.79. The van der Waals surface area contributed by atoms with Crippen LogP contribution in [-0.2, 0) is 0 Å². The molecule has 96 valence electrons. The minimum Gasteiger partial charge on any atom is -0.391 e. The lowest BCUT2D eigenvalue weighted by molar-refractivity contribution is -0.0649. The van der Waals surface area contributed by atoms with E-state index in [2.05, 4.69) is 39.8 Å². The first kappa shape index (κ1) is 14.0. The number of rotatable bonds is 4. The number of likely N-dealkylation sites (N-methyl/N-ethyl adjacent to an activating group) is 1. The normalized spacial score (nSPS) is 35.1. The van der Waals surface area contributed by atoms with Crippen LogP contribution in [0.4, 0.5) is 0 Å². The van der Waals surface area contributed by atoms with Crippen molar-refractivity contribution < 1.29 is 5.11 Å². The summed E-state index contributed by atoms with van der Waals surface area (Å²) in [6, 6.07) is 0. The Bertz CT molecular complexity index is 207. The van der Waals surface area contributed by atoms with Crippen LogP contribution < -0.4 is 0 Å². The highest BCUT2D eigenvalue weighted by molar-refractivity contribution is 4.99. The summed E-state index contributed by atoms with van der Waals surface area (Å²) >= 11 is 0. The van der Waals surface area contributed by atoms with Gasteiger partial charge in [-0.2, -0.15) is 0 Å². The quantitative estimate of drug-likeness (QED) is 0.798. The molecule has 0 heterocycles. The van der Waals surface area contributed by atoms with Crippen molar-refractivity contribution in [3.63, 3.8) is 0 Å². The van der Waals surface area contributed by atoms with E-state index >= 15 is 0 Å². The second-order valence-corrected chi connectivity index (χ2v) is 6.01. The topological polar surface area (TPSA) is 23.5 Å². The van der Waals surface area contributed by atoms with E-state index in [0.717, 1.165) is 25.2 Å². The van der Waals surface area contributed by atoms with Gasteiger partial charge in [-0.1, -0.05) is 27.2 Å². The molecule has 2 nitrogen and oxygen atoms in total. The van der Waals surface area contributed by atoms with Gasteiger partial charge in [-0.25, -0.2) is 0 Å². The Balaban J connectivity index is 2.80. The highest BCUT2D eigenvalue weighted by atomic mass is 16.3. The number of hydrogen-bond donors (Lipinski definition) is 1. The molecule has 0 aliphatic heterocycles. The van der Waals surface area contributed by atoms with E-state index in [-0.39, 0.29) is 11.6 Å². The summed E-state index contributed by atoms with van der Waals surface area (Å²) in [6.45, 7) is 6.67. The molecule has 2 atom stereocenters. The zero-order valence-corrected chi connectivity index (χ0v) is 11.7. The molecule has 2 heteroatoms. The van der Waals surface area contributed by atoms with Crippen molar-refractivity contribution in [1.29, 1.82) is 0 Å². The van der Waals surface area contributed by atoms with Gasteiger partial charge in [0.2, 0.25) is 0 Å². The van der Waals surface area contributed by atoms with Crippen molar-refractivity contribution >= 4 is 0 Å². The summed E-state index contributed by atoms with van der Waals surface area (Å²) < 4.78 is 0. The van der Waals surface area contributed by atoms with Crippen LogP contribution >= 0.6 is 0 Å². The Morgan fingerprint density at radius 1 is 1.31 bits per heavy atom. The van der Waals surface area contributed by atoms with Crippen molar-refractivity contribution in [2.45, 2.75) is 64.5 Å². The van der Waals surface area contributed by atoms with Gasteiger partial charge < -0.3 is 10.0 Å². The van der Waals surface area contributed by atoms with E-state index in [0.29, 0.717) is 5.92 Å². The first-order valence-corrected chi connectivity index (χ1v) is 6.79. The molecule has 1 aliphatic carbocycles. The van der Waals surface area contributed by atoms with E-state index in [1.54, 1.807) is 0 Å². The maximum Gasteiger partial charge on any atom is 0.0748 e. The molecule has 0 aromatic rings. The SMILES string of the molecule is CCC(C)C(O)C1(N(C)C)CCC(C)CC1. The minimum absolute atomic E-state index is 0.0297. The maximum atomic E-state index is 10.6. The highest BCUT2D eigenvalue weighted by Gasteiger charge is 2.43. The third-order valence-corrected chi connectivity index (χ3v) is 4.76. The van der Waals surface area contributed by atoms with Crippen molar-refractivity contribution in [1.82, 2.24) is 4.90 Å². The average molecular weight is 227 g/mol. The van der Waals surface area contributed by atoms with Crippen LogP contribution in [0.3, 0.4) is 0 Å². The fourth-order valence-electron chi connectivity index (χ4n) is 3.02. The average Bonchev–Trinajstić information content (AvgIpc) is 2.28. The third-order valence-electron chi connectivity index (χ3n) is 4.76. The lowest BCUT2D eigenvalue weighted by Gasteiger charge is -2.49. The first-order chi connectivity index (χ1) is 7.44. The summed E-state index contributed by atoms with van der Waals surface area (Å²) in [4.78, 5) is 2.27. The van der Waals surface area contributed by atoms with Crippen LogP contribution in [-0.4, -0.2) is 35.7 Å². The van der Waals surface area contributed by atoms with Gasteiger partial charge in [-0.3, -0.25) is 0 Å². The minimum atomic E-state index is -0.181. The predicted octanol–water partition coefficient (Wildman–Crippen LogP) is 2.90. The van der Waals surface area contributed by atoms with Gasteiger partial charge >= 0.3 is 0 Å². The molecule has 0 saturated heterocycles. The summed E-state index contributed by atoms with van der Waals surface area (Å²) in [6.07, 6.45) is 5.68. The Morgan fingerprint density at radius 3 is 2.19 bits per heavy atom. The lowest BCUT2D eigenvalue weighted by atomic mass is 9.70. The Kier molecular flexibility index (Phi) is 4.81. The van der Waals surface area contributed by atoms with E-state index in [4.69, 9.17) is 0 Å². The molecule has 0 bridgehead atoms. The second-order valence-electron chi connectivity index (χ2n) is 6.01. The molecule has 0 aromatic heterocycles. The number of nitrogens with zero attached hydrogens (tertiary/aromatic N) is 1. The Labute approximate surface area is 101 Å². The van der Waals surface area contributed by atoms with Crippen molar-refractivity contribution in [3.05, 3.63) is 0 Å². The van der Waals surface area contributed by atoms with Crippen LogP contribution in [0, 0.1) is 11.8 Å². The van der Waals surface area contributed by atoms with Gasteiger partial charge in [0, 0.05) is 5.54 Å². The zero-order valence-electron chi connectivity index (χ0n) is 11.7. The highest BCUT2D eigenvalue weighted by Crippen LogP contribution is 2.40. The lowest BCUT2D eigenvalue weighted by Crippen LogP contribution is -2.57. The van der Waals surface area contributed by atoms with Gasteiger partial charge in [0.1, 0.15) is 0 Å². The molecule has 1 fully saturated rings. The smallest absolute Gasteiger partial charge is 0.0748 e. The van der Waals surface area contributed by atoms with Gasteiger partial charge in [0.25, 0.3) is 0 Å². The van der Waals surface area contributed by atoms with Crippen molar-refractivity contribution in [3.8, 4) is 0 Å². The molecular weight excluding hydrogens is 198 g/mol. The summed E-state index contributed by atoms with van der Waals surface area (Å²) in [5.41, 5.74) is 0.0297. The van der Waals surface area contributed by atoms with E-state index < -0.39 is 0 Å². The van der Waals surface area contributed by atoms with Crippen molar-refractivity contribution in [2.24, 2.45) is 11.8 Å². The monoisotopic (exact) mass is 227 g/mol. The molecule has 16 heavy (non-hydrogen) atoms. The molecule has 0 radical (unpaired) electrons. The Hall–Kier alpha value is -0.0800. The fraction of sp³-hybridized carbons (Fsp3) is 1.00. The molecule has 1 rings (SSSR count). The Morgan fingerprint density at radius 2 is 1.81 bits per heavy atom. The van der Waals surface area contributed by atoms with Gasteiger partial charge in [-0.15, -0.1) is 0 Å². The van der Waals surface area contributed by atoms with Crippen molar-refractivity contribution in [2.75, 3.05) is 14.1 Å². The molecule has 0 amide bonds. The molecule has 1 N–H and O–H groups in total. The van der Waals surface area contributed by atoms with E-state index in [9.17, 15) is 5.11 Å². The molecule has 1 saturated carbocycles. The van der Waals surface area contributed by atoms with Gasteiger partial charge in [0.05, 0.1) is 6.10 Å². The van der Waals surface area contributed by atoms with Crippen LogP contribution in [0.5, 0.6) is 0 Å². The molecular formula is C14H29NO. The predicted molar refractivity (Wildman–Crippen MR) is 69.5 cm³/mol. The maximum absolute atomic E-state index is 10.6. The van der Waals surface area contributed by atoms with E-state index in [1.807, 2.05) is 0 Å². The van der Waals surface area contributed by atoms with Gasteiger partial charge in [-0.05, 0) is 51.6 Å². The molecule has 0 spiro atoms. The van der Waals surface area contributed by atoms with Gasteiger partial charge in [0.15, 0.2) is 0 Å². The molecule has 1 aliphatic rings. The van der Waals surface area contributed by atoms with Crippen LogP contribution in [0.2, 0.25) is 0 Å². The standard InChI is InChI=1S/C14H29NO/c1-6-12(3)13(16)14(15(4)5)9-7-11(2)8-10-14/h11-13,16H,6-10H2,1-5H3. The largest absolute Gasteiger partial charge is 0.391 e. The number of hydrogen-bond acceptors (Lipinski definition) is 2. The number of aliphatic hydroxyl groups is 1. The van der Waals surface area contributed by atoms with Crippen LogP contribution in [0.15, 0.2) is 0 Å². The van der Waals surface area contributed by atoms with Crippen LogP contribution in [0.25, 0.3) is 0 Å². The van der Waals surface area contributed by atoms with Crippen LogP contribution in [0.1, 0.15) is 52.9 Å². The zero-order chi connectivity index (χ0) is 12.3. The molecule has 2 unspecified atom stereocenters. The fourth-order valence-corrected chi connectivity index (χ4v) is 3.02. The summed E-state index contributed by atoms with van der Waals surface area (Å²) in [5, 5.41) is 10.6. The summed E-state index contributed by atoms with van der Waals surface area (Å²) in [7, 11) is 4.25. The number of aliphatic hydroxyl groups excluding tert-OH is 1. The summed E-state index contributed by atoms with van der Waals surface area (Å²) in [5.74, 6) is 1.23. The third kappa shape index (κ3) is 2.60. The van der Waals surface area contributed by atoms with E-state index in [1.165, 1.54) is 12.8 Å². The molecule has 0 aromatic carbocycles.